The van der Waals surface area contributed by atoms with Gasteiger partial charge in [0.1, 0.15) is 24.8 Å². The average Bonchev–Trinajstić information content (AvgIpc) is 3.24. The van der Waals surface area contributed by atoms with Crippen LogP contribution in [-0.4, -0.2) is 42.0 Å². The third-order valence-electron chi connectivity index (χ3n) is 6.78. The van der Waals surface area contributed by atoms with E-state index in [1.165, 1.54) is 29.3 Å². The maximum atomic E-state index is 15.2. The van der Waals surface area contributed by atoms with Crippen molar-refractivity contribution in [1.82, 2.24) is 9.88 Å². The molecule has 36 heavy (non-hydrogen) atoms. The van der Waals surface area contributed by atoms with Crippen LogP contribution in [0.5, 0.6) is 0 Å². The first-order chi connectivity index (χ1) is 17.5. The molecule has 2 aliphatic heterocycles. The number of hydrogen-bond acceptors (Lipinski definition) is 5. The Morgan fingerprint density at radius 2 is 1.86 bits per heavy atom. The minimum Gasteiger partial charge on any atom is -0.392 e. The summed E-state index contributed by atoms with van der Waals surface area (Å²) in [6.07, 6.45) is 5.33. The molecule has 0 atom stereocenters. The number of alkyl halides is 1. The first-order valence-electron chi connectivity index (χ1n) is 11.8. The van der Waals surface area contributed by atoms with Crippen molar-refractivity contribution in [3.63, 3.8) is 0 Å². The maximum Gasteiger partial charge on any atom is 0.159 e. The van der Waals surface area contributed by atoms with Gasteiger partial charge < -0.3 is 9.57 Å². The summed E-state index contributed by atoms with van der Waals surface area (Å²) in [6.45, 7) is 1.59. The van der Waals surface area contributed by atoms with Gasteiger partial charge >= 0.3 is 0 Å². The summed E-state index contributed by atoms with van der Waals surface area (Å²) in [5.74, 6) is -2.73. The Hall–Kier alpha value is -3.30. The van der Waals surface area contributed by atoms with E-state index >= 15 is 4.39 Å². The molecule has 0 saturated carbocycles. The van der Waals surface area contributed by atoms with Crippen molar-refractivity contribution in [2.24, 2.45) is 5.16 Å². The molecule has 2 aromatic carbocycles. The number of likely N-dealkylation sites (tertiary alicyclic amines) is 1. The van der Waals surface area contributed by atoms with Crippen LogP contribution in [0.15, 0.2) is 60.0 Å². The number of pyridine rings is 1. The number of nitrogens with zero attached hydrogens (tertiary/aromatic N) is 3. The number of fused-ring (bicyclic) bond motifs is 2. The Morgan fingerprint density at radius 1 is 1.03 bits per heavy atom. The van der Waals surface area contributed by atoms with E-state index in [1.54, 1.807) is 12.3 Å². The summed E-state index contributed by atoms with van der Waals surface area (Å²) in [4.78, 5) is 11.4. The van der Waals surface area contributed by atoms with Gasteiger partial charge in [0.2, 0.25) is 0 Å². The molecule has 1 fully saturated rings. The van der Waals surface area contributed by atoms with Gasteiger partial charge in [0.05, 0.1) is 12.2 Å². The molecule has 1 aromatic heterocycles. The highest BCUT2D eigenvalue weighted by molar-refractivity contribution is 6.12. The highest BCUT2D eigenvalue weighted by atomic mass is 19.2. The van der Waals surface area contributed by atoms with Crippen LogP contribution in [0.25, 0.3) is 0 Å². The molecule has 3 heterocycles. The minimum atomic E-state index is -1.10. The molecular formula is C27H25F4N3O2. The predicted octanol–water partition coefficient (Wildman–Crippen LogP) is 5.26. The lowest BCUT2D eigenvalue weighted by molar-refractivity contribution is -0.0800. The third-order valence-corrected chi connectivity index (χ3v) is 6.78. The maximum absolute atomic E-state index is 15.2. The van der Waals surface area contributed by atoms with Crippen molar-refractivity contribution < 1.29 is 27.1 Å². The van der Waals surface area contributed by atoms with Gasteiger partial charge in [-0.25, -0.2) is 17.6 Å². The first kappa shape index (κ1) is 24.4. The monoisotopic (exact) mass is 499 g/mol. The fourth-order valence-corrected chi connectivity index (χ4v) is 4.89. The second-order valence-electron chi connectivity index (χ2n) is 9.00. The van der Waals surface area contributed by atoms with Gasteiger partial charge in [0.25, 0.3) is 0 Å². The molecule has 0 aliphatic carbocycles. The van der Waals surface area contributed by atoms with Crippen LogP contribution in [0.1, 0.15) is 40.7 Å². The number of ether oxygens (including phenoxy) is 1. The van der Waals surface area contributed by atoms with E-state index in [2.05, 4.69) is 15.0 Å². The lowest BCUT2D eigenvalue weighted by atomic mass is 9.84. The summed E-state index contributed by atoms with van der Waals surface area (Å²) in [6, 6.07) is 9.79. The van der Waals surface area contributed by atoms with Crippen molar-refractivity contribution in [1.29, 1.82) is 0 Å². The van der Waals surface area contributed by atoms with Crippen LogP contribution in [0.2, 0.25) is 0 Å². The van der Waals surface area contributed by atoms with E-state index in [4.69, 9.17) is 9.57 Å². The van der Waals surface area contributed by atoms with Gasteiger partial charge in [-0.3, -0.25) is 9.88 Å². The second-order valence-corrected chi connectivity index (χ2v) is 9.00. The van der Waals surface area contributed by atoms with Gasteiger partial charge in [0, 0.05) is 48.7 Å². The number of aromatic nitrogens is 1. The molecular weight excluding hydrogens is 474 g/mol. The summed E-state index contributed by atoms with van der Waals surface area (Å²) in [7, 11) is 0. The molecule has 5 nitrogen and oxygen atoms in total. The van der Waals surface area contributed by atoms with Gasteiger partial charge in [-0.05, 0) is 60.4 Å². The molecule has 0 N–H and O–H groups in total. The highest BCUT2D eigenvalue weighted by Crippen LogP contribution is 2.43. The van der Waals surface area contributed by atoms with E-state index in [0.29, 0.717) is 13.2 Å². The van der Waals surface area contributed by atoms with Crippen LogP contribution in [0, 0.1) is 17.5 Å². The lowest BCUT2D eigenvalue weighted by Crippen LogP contribution is -2.42. The Kier molecular flexibility index (Phi) is 7.02. The largest absolute Gasteiger partial charge is 0.392 e. The van der Waals surface area contributed by atoms with Gasteiger partial charge in [-0.2, -0.15) is 0 Å². The van der Waals surface area contributed by atoms with Crippen LogP contribution < -0.4 is 0 Å². The molecule has 1 spiro atoms. The van der Waals surface area contributed by atoms with E-state index < -0.39 is 24.1 Å². The zero-order valence-corrected chi connectivity index (χ0v) is 19.5. The summed E-state index contributed by atoms with van der Waals surface area (Å²) < 4.78 is 61.1. The number of benzene rings is 2. The second kappa shape index (κ2) is 10.4. The van der Waals surface area contributed by atoms with Gasteiger partial charge in [-0.1, -0.05) is 11.2 Å². The molecule has 188 valence electrons. The van der Waals surface area contributed by atoms with E-state index in [-0.39, 0.29) is 29.0 Å². The molecule has 0 bridgehead atoms. The zero-order chi connectivity index (χ0) is 25.1. The van der Waals surface area contributed by atoms with Crippen LogP contribution >= 0.6 is 0 Å². The fraction of sp³-hybridized carbons (Fsp3) is 0.333. The fourth-order valence-electron chi connectivity index (χ4n) is 4.89. The smallest absolute Gasteiger partial charge is 0.159 e. The van der Waals surface area contributed by atoms with Crippen molar-refractivity contribution in [2.45, 2.75) is 31.6 Å². The molecule has 0 unspecified atom stereocenters. The van der Waals surface area contributed by atoms with Crippen LogP contribution in [0.3, 0.4) is 0 Å². The Morgan fingerprint density at radius 3 is 2.61 bits per heavy atom. The normalized spacial score (nSPS) is 17.4. The highest BCUT2D eigenvalue weighted by Gasteiger charge is 2.42. The van der Waals surface area contributed by atoms with E-state index in [9.17, 15) is 13.2 Å². The quantitative estimate of drug-likeness (QED) is 0.193. The minimum absolute atomic E-state index is 0.0445. The summed E-state index contributed by atoms with van der Waals surface area (Å²) in [5, 5.41) is 3.81. The number of hydrogen-bond donors (Lipinski definition) is 0. The average molecular weight is 500 g/mol. The zero-order valence-electron chi connectivity index (χ0n) is 19.5. The third kappa shape index (κ3) is 4.85. The number of oxime groups is 1. The first-order valence-corrected chi connectivity index (χ1v) is 11.8. The number of piperidine rings is 1. The predicted molar refractivity (Wildman–Crippen MR) is 126 cm³/mol. The molecule has 1 saturated heterocycles. The van der Waals surface area contributed by atoms with E-state index in [0.717, 1.165) is 43.6 Å². The molecule has 9 heteroatoms. The molecule has 0 radical (unpaired) electrons. The van der Waals surface area contributed by atoms with E-state index in [1.807, 2.05) is 12.3 Å². The Bertz CT molecular complexity index is 1280. The van der Waals surface area contributed by atoms with Crippen molar-refractivity contribution in [3.8, 4) is 0 Å². The number of halogens is 4. The van der Waals surface area contributed by atoms with Crippen LogP contribution in [-0.2, 0) is 28.3 Å². The molecule has 0 amide bonds. The van der Waals surface area contributed by atoms with Crippen molar-refractivity contribution in [2.75, 3.05) is 26.4 Å². The molecule has 3 aromatic rings. The SMILES string of the molecule is FCCO/N=C(/c1ccc(F)c(F)c1)c1ccc(CN2CCC3(CC2)OCc2ccncc23)cc1F. The Labute approximate surface area is 206 Å². The summed E-state index contributed by atoms with van der Waals surface area (Å²) >= 11 is 0. The van der Waals surface area contributed by atoms with Crippen molar-refractivity contribution in [3.05, 3.63) is 100 Å². The standard InChI is InChI=1S/C27H25F4N3O2/c28-8-12-36-33-26(19-2-4-23(29)25(31)14-19)21-3-1-18(13-24(21)30)16-34-10-6-27(7-11-34)22-15-32-9-5-20(22)17-35-27/h1-5,9,13-15H,6-8,10-12,16-17H2/b33-26-. The Balaban J connectivity index is 1.31. The van der Waals surface area contributed by atoms with Gasteiger partial charge in [0.15, 0.2) is 11.6 Å². The molecule has 2 aliphatic rings. The lowest BCUT2D eigenvalue weighted by Gasteiger charge is -2.39. The van der Waals surface area contributed by atoms with Crippen LogP contribution in [0.4, 0.5) is 17.6 Å². The number of rotatable bonds is 7. The van der Waals surface area contributed by atoms with Gasteiger partial charge in [-0.15, -0.1) is 0 Å². The summed E-state index contributed by atoms with van der Waals surface area (Å²) in [5.41, 5.74) is 2.93. The topological polar surface area (TPSA) is 47.0 Å². The molecule has 5 rings (SSSR count). The van der Waals surface area contributed by atoms with Crippen molar-refractivity contribution >= 4 is 5.71 Å².